The SMILES string of the molecule is O=C(C[N+]12CC[C@]34c5ccccc5N5C(=O)C[C@@H]6OCC=C(C1)[C@H](C[C@H]32)[C@@H]6[C@H]54)c1ccc(Cl)cc1. The molecule has 1 amide bonds. The highest BCUT2D eigenvalue weighted by Gasteiger charge is 2.76. The van der Waals surface area contributed by atoms with Gasteiger partial charge in [0.25, 0.3) is 0 Å². The molecule has 4 fully saturated rings. The first-order chi connectivity index (χ1) is 17.0. The first-order valence-electron chi connectivity index (χ1n) is 12.9. The fourth-order valence-electron chi connectivity index (χ4n) is 9.21. The summed E-state index contributed by atoms with van der Waals surface area (Å²) in [5.74, 6) is 1.15. The van der Waals surface area contributed by atoms with Gasteiger partial charge < -0.3 is 14.1 Å². The van der Waals surface area contributed by atoms with Crippen LogP contribution in [0.3, 0.4) is 0 Å². The zero-order valence-electron chi connectivity index (χ0n) is 19.5. The molecule has 7 atom stereocenters. The molecule has 0 aromatic heterocycles. The number of fused-ring (bicyclic) bond motifs is 2. The topological polar surface area (TPSA) is 46.6 Å². The molecule has 5 nitrogen and oxygen atoms in total. The van der Waals surface area contributed by atoms with Gasteiger partial charge in [-0.25, -0.2) is 0 Å². The molecule has 8 rings (SSSR count). The van der Waals surface area contributed by atoms with Gasteiger partial charge in [0.05, 0.1) is 37.1 Å². The van der Waals surface area contributed by atoms with Crippen LogP contribution in [0.1, 0.15) is 35.2 Å². The molecule has 6 aliphatic rings. The van der Waals surface area contributed by atoms with Crippen LogP contribution in [-0.2, 0) is 14.9 Å². The number of ketones is 1. The summed E-state index contributed by atoms with van der Waals surface area (Å²) >= 11 is 6.10. The van der Waals surface area contributed by atoms with Crippen molar-refractivity contribution in [1.29, 1.82) is 0 Å². The summed E-state index contributed by atoms with van der Waals surface area (Å²) in [7, 11) is 0. The number of piperidine rings is 2. The van der Waals surface area contributed by atoms with E-state index in [1.807, 2.05) is 24.3 Å². The summed E-state index contributed by atoms with van der Waals surface area (Å²) in [6, 6.07) is 16.4. The summed E-state index contributed by atoms with van der Waals surface area (Å²) < 4.78 is 7.18. The second kappa shape index (κ2) is 6.84. The molecule has 1 aliphatic carbocycles. The fraction of sp³-hybridized carbons (Fsp3) is 0.448. The van der Waals surface area contributed by atoms with Gasteiger partial charge in [-0.2, -0.15) is 0 Å². The molecule has 2 aromatic carbocycles. The summed E-state index contributed by atoms with van der Waals surface area (Å²) in [5.41, 5.74) is 4.52. The number of carbonyl (C=O) groups is 2. The number of amides is 1. The van der Waals surface area contributed by atoms with Crippen molar-refractivity contribution in [3.63, 3.8) is 0 Å². The number of carbonyl (C=O) groups excluding carboxylic acids is 2. The lowest BCUT2D eigenvalue weighted by Crippen LogP contribution is -2.73. The molecule has 0 N–H and O–H groups in total. The van der Waals surface area contributed by atoms with Crippen LogP contribution in [0.25, 0.3) is 0 Å². The summed E-state index contributed by atoms with van der Waals surface area (Å²) in [4.78, 5) is 29.4. The van der Waals surface area contributed by atoms with Crippen LogP contribution < -0.4 is 4.90 Å². The average molecular weight is 488 g/mol. The zero-order valence-corrected chi connectivity index (χ0v) is 20.3. The molecule has 1 spiro atoms. The number of nitrogens with zero attached hydrogens (tertiary/aromatic N) is 2. The Balaban J connectivity index is 1.31. The van der Waals surface area contributed by atoms with E-state index in [4.69, 9.17) is 16.3 Å². The van der Waals surface area contributed by atoms with Gasteiger partial charge in [0.2, 0.25) is 11.7 Å². The van der Waals surface area contributed by atoms with Gasteiger partial charge in [-0.3, -0.25) is 9.59 Å². The van der Waals surface area contributed by atoms with Crippen molar-refractivity contribution in [2.45, 2.75) is 42.9 Å². The van der Waals surface area contributed by atoms with Crippen molar-refractivity contribution >= 4 is 29.0 Å². The molecule has 1 unspecified atom stereocenters. The highest BCUT2D eigenvalue weighted by molar-refractivity contribution is 6.30. The minimum Gasteiger partial charge on any atom is -0.373 e. The van der Waals surface area contributed by atoms with Crippen LogP contribution in [0.4, 0.5) is 5.69 Å². The quantitative estimate of drug-likeness (QED) is 0.371. The van der Waals surface area contributed by atoms with Crippen molar-refractivity contribution in [2.24, 2.45) is 11.8 Å². The number of quaternary nitrogens is 1. The second-order valence-electron chi connectivity index (χ2n) is 11.5. The Hall–Kier alpha value is -2.47. The van der Waals surface area contributed by atoms with Crippen LogP contribution in [0.15, 0.2) is 60.2 Å². The van der Waals surface area contributed by atoms with E-state index in [0.717, 1.165) is 41.7 Å². The number of benzene rings is 2. The molecular formula is C29H28ClN2O3+. The third kappa shape index (κ3) is 2.47. The monoisotopic (exact) mass is 487 g/mol. The normalized spacial score (nSPS) is 39.7. The Kier molecular flexibility index (Phi) is 4.05. The molecule has 0 radical (unpaired) electrons. The predicted molar refractivity (Wildman–Crippen MR) is 132 cm³/mol. The van der Waals surface area contributed by atoms with E-state index in [2.05, 4.69) is 35.2 Å². The van der Waals surface area contributed by atoms with Crippen molar-refractivity contribution in [3.05, 3.63) is 76.3 Å². The maximum absolute atomic E-state index is 13.7. The number of halogens is 1. The molecule has 2 bridgehead atoms. The molecule has 3 saturated heterocycles. The predicted octanol–water partition coefficient (Wildman–Crippen LogP) is 4.14. The number of ether oxygens (including phenoxy) is 1. The first kappa shape index (κ1) is 20.7. The highest BCUT2D eigenvalue weighted by Crippen LogP contribution is 2.67. The lowest BCUT2D eigenvalue weighted by molar-refractivity contribution is -0.935. The minimum atomic E-state index is -0.106. The van der Waals surface area contributed by atoms with Crippen molar-refractivity contribution in [3.8, 4) is 0 Å². The number of para-hydroxylation sites is 1. The third-order valence-corrected chi connectivity index (χ3v) is 10.6. The van der Waals surface area contributed by atoms with E-state index in [-0.39, 0.29) is 29.3 Å². The molecule has 2 aromatic rings. The van der Waals surface area contributed by atoms with Gasteiger partial charge in [0.1, 0.15) is 19.1 Å². The van der Waals surface area contributed by atoms with Gasteiger partial charge in [-0.1, -0.05) is 35.9 Å². The minimum absolute atomic E-state index is 0.00839. The van der Waals surface area contributed by atoms with Crippen molar-refractivity contribution < 1.29 is 18.8 Å². The molecule has 5 aliphatic heterocycles. The van der Waals surface area contributed by atoms with Crippen LogP contribution in [0, 0.1) is 11.8 Å². The second-order valence-corrected chi connectivity index (χ2v) is 11.9. The summed E-state index contributed by atoms with van der Waals surface area (Å²) in [6.45, 7) is 2.96. The molecule has 6 heteroatoms. The molecule has 5 heterocycles. The molecular weight excluding hydrogens is 460 g/mol. The van der Waals surface area contributed by atoms with Crippen molar-refractivity contribution in [1.82, 2.24) is 0 Å². The third-order valence-electron chi connectivity index (χ3n) is 10.3. The van der Waals surface area contributed by atoms with Gasteiger partial charge in [-0.05, 0) is 47.4 Å². The standard InChI is InChI=1S/C29H28ClN2O3/c30-19-7-5-17(6-8-19)23(33)16-32-11-10-29-21-3-1-2-4-22(21)31-26(34)14-24-27(28(29)31)20(13-25(29)32)18(15-32)9-12-35-24/h1-9,20,24-25,27-28H,10-16H2/q+1/t20-,24-,25+,27-,28-,29-,32?/m0/s1. The Morgan fingerprint density at radius 1 is 1.17 bits per heavy atom. The Morgan fingerprint density at radius 3 is 2.86 bits per heavy atom. The number of anilines is 1. The molecule has 1 saturated carbocycles. The molecule has 178 valence electrons. The van der Waals surface area contributed by atoms with E-state index in [1.165, 1.54) is 11.1 Å². The average Bonchev–Trinajstić information content (AvgIpc) is 3.29. The summed E-state index contributed by atoms with van der Waals surface area (Å²) in [6.07, 6.45) is 4.85. The van der Waals surface area contributed by atoms with E-state index >= 15 is 0 Å². The summed E-state index contributed by atoms with van der Waals surface area (Å²) in [5, 5.41) is 0.649. The fourth-order valence-corrected chi connectivity index (χ4v) is 9.34. The Labute approximate surface area is 209 Å². The van der Waals surface area contributed by atoms with Gasteiger partial charge in [0.15, 0.2) is 0 Å². The lowest BCUT2D eigenvalue weighted by Gasteiger charge is -2.60. The van der Waals surface area contributed by atoms with Gasteiger partial charge >= 0.3 is 0 Å². The van der Waals surface area contributed by atoms with Gasteiger partial charge in [0, 0.05) is 35.0 Å². The maximum atomic E-state index is 13.7. The number of hydrogen-bond acceptors (Lipinski definition) is 3. The van der Waals surface area contributed by atoms with Gasteiger partial charge in [-0.15, -0.1) is 0 Å². The van der Waals surface area contributed by atoms with Crippen LogP contribution in [-0.4, -0.2) is 60.6 Å². The van der Waals surface area contributed by atoms with Crippen LogP contribution in [0.2, 0.25) is 5.02 Å². The Morgan fingerprint density at radius 2 is 2.00 bits per heavy atom. The van der Waals surface area contributed by atoms with E-state index in [0.29, 0.717) is 42.5 Å². The van der Waals surface area contributed by atoms with Crippen LogP contribution in [0.5, 0.6) is 0 Å². The van der Waals surface area contributed by atoms with Crippen molar-refractivity contribution in [2.75, 3.05) is 31.1 Å². The van der Waals surface area contributed by atoms with E-state index in [1.54, 1.807) is 0 Å². The van der Waals surface area contributed by atoms with E-state index in [9.17, 15) is 9.59 Å². The number of rotatable bonds is 3. The number of hydrogen-bond donors (Lipinski definition) is 0. The number of Topliss-reactive ketones (excluding diaryl/α,β-unsaturated/α-hetero) is 1. The lowest BCUT2D eigenvalue weighted by atomic mass is 9.53. The smallest absolute Gasteiger partial charge is 0.229 e. The molecule has 35 heavy (non-hydrogen) atoms. The maximum Gasteiger partial charge on any atom is 0.229 e. The Bertz CT molecular complexity index is 1320. The van der Waals surface area contributed by atoms with Crippen LogP contribution >= 0.6 is 11.6 Å². The highest BCUT2D eigenvalue weighted by atomic mass is 35.5. The van der Waals surface area contributed by atoms with E-state index < -0.39 is 0 Å². The largest absolute Gasteiger partial charge is 0.373 e. The first-order valence-corrected chi connectivity index (χ1v) is 13.3. The zero-order chi connectivity index (χ0) is 23.5.